The number of halogens is 2. The van der Waals surface area contributed by atoms with E-state index >= 15 is 0 Å². The van der Waals surface area contributed by atoms with Crippen LogP contribution in [0.2, 0.25) is 0 Å². The number of aliphatic hydroxyl groups excluding tert-OH is 1. The molecule has 0 saturated heterocycles. The molecule has 3 N–H and O–H groups in total. The van der Waals surface area contributed by atoms with Crippen LogP contribution in [0.3, 0.4) is 0 Å². The predicted molar refractivity (Wildman–Crippen MR) is 77.2 cm³/mol. The fourth-order valence-corrected chi connectivity index (χ4v) is 2.34. The lowest BCUT2D eigenvalue weighted by Crippen LogP contribution is -2.30. The second-order valence-electron chi connectivity index (χ2n) is 4.47. The molecule has 0 fully saturated rings. The molecule has 2 atom stereocenters. The van der Waals surface area contributed by atoms with Crippen molar-refractivity contribution in [3.05, 3.63) is 69.9 Å². The van der Waals surface area contributed by atoms with Gasteiger partial charge in [0.15, 0.2) is 0 Å². The number of nitrogens with two attached hydrogens (primary N) is 1. The molecule has 0 aliphatic carbocycles. The van der Waals surface area contributed by atoms with Gasteiger partial charge >= 0.3 is 0 Å². The van der Waals surface area contributed by atoms with Gasteiger partial charge in [0.25, 0.3) is 0 Å². The van der Waals surface area contributed by atoms with E-state index in [-0.39, 0.29) is 5.82 Å². The van der Waals surface area contributed by atoms with Crippen LogP contribution in [0.4, 0.5) is 4.39 Å². The number of benzene rings is 2. The summed E-state index contributed by atoms with van der Waals surface area (Å²) in [7, 11) is 0. The third kappa shape index (κ3) is 3.62. The molecular formula is C15H15BrFNO. The van der Waals surface area contributed by atoms with Crippen LogP contribution >= 0.6 is 15.9 Å². The summed E-state index contributed by atoms with van der Waals surface area (Å²) >= 11 is 3.10. The van der Waals surface area contributed by atoms with Crippen molar-refractivity contribution in [1.82, 2.24) is 0 Å². The molecule has 19 heavy (non-hydrogen) atoms. The fraction of sp³-hybridized carbons (Fsp3) is 0.200. The van der Waals surface area contributed by atoms with Crippen molar-refractivity contribution in [2.75, 3.05) is 0 Å². The number of rotatable bonds is 4. The Kier molecular flexibility index (Phi) is 4.69. The first-order valence-corrected chi connectivity index (χ1v) is 6.80. The van der Waals surface area contributed by atoms with Gasteiger partial charge in [-0.1, -0.05) is 36.4 Å². The van der Waals surface area contributed by atoms with Gasteiger partial charge in [-0.15, -0.1) is 0 Å². The van der Waals surface area contributed by atoms with Crippen LogP contribution in [-0.2, 0) is 6.42 Å². The topological polar surface area (TPSA) is 46.2 Å². The Morgan fingerprint density at radius 1 is 1.16 bits per heavy atom. The van der Waals surface area contributed by atoms with Crippen LogP contribution in [-0.4, -0.2) is 11.1 Å². The van der Waals surface area contributed by atoms with Crippen molar-refractivity contribution in [1.29, 1.82) is 0 Å². The number of hydrogen-bond acceptors (Lipinski definition) is 2. The first-order chi connectivity index (χ1) is 9.08. The molecule has 2 unspecified atom stereocenters. The molecule has 2 nitrogen and oxygen atoms in total. The van der Waals surface area contributed by atoms with Crippen LogP contribution in [0.5, 0.6) is 0 Å². The highest BCUT2D eigenvalue weighted by molar-refractivity contribution is 9.10. The summed E-state index contributed by atoms with van der Waals surface area (Å²) in [6.07, 6.45) is -0.256. The van der Waals surface area contributed by atoms with E-state index in [0.29, 0.717) is 16.5 Å². The quantitative estimate of drug-likeness (QED) is 0.907. The summed E-state index contributed by atoms with van der Waals surface area (Å²) < 4.78 is 13.5. The number of hydrogen-bond donors (Lipinski definition) is 2. The Hall–Kier alpha value is -1.23. The lowest BCUT2D eigenvalue weighted by molar-refractivity contribution is 0.146. The normalized spacial score (nSPS) is 14.1. The van der Waals surface area contributed by atoms with Crippen molar-refractivity contribution in [2.24, 2.45) is 5.73 Å². The average Bonchev–Trinajstić information content (AvgIpc) is 2.42. The molecule has 2 aromatic carbocycles. The maximum Gasteiger partial charge on any atom is 0.137 e. The van der Waals surface area contributed by atoms with Gasteiger partial charge in [-0.3, -0.25) is 0 Å². The van der Waals surface area contributed by atoms with Gasteiger partial charge < -0.3 is 10.8 Å². The maximum atomic E-state index is 13.2. The fourth-order valence-electron chi connectivity index (χ4n) is 1.94. The van der Waals surface area contributed by atoms with Crippen molar-refractivity contribution in [3.8, 4) is 0 Å². The zero-order valence-electron chi connectivity index (χ0n) is 10.3. The minimum Gasteiger partial charge on any atom is -0.387 e. The summed E-state index contributed by atoms with van der Waals surface area (Å²) in [4.78, 5) is 0. The van der Waals surface area contributed by atoms with Crippen molar-refractivity contribution >= 4 is 15.9 Å². The van der Waals surface area contributed by atoms with Gasteiger partial charge in [-0.2, -0.15) is 0 Å². The average molecular weight is 324 g/mol. The van der Waals surface area contributed by atoms with E-state index in [0.717, 1.165) is 5.56 Å². The van der Waals surface area contributed by atoms with E-state index in [1.807, 2.05) is 30.3 Å². The van der Waals surface area contributed by atoms with E-state index < -0.39 is 12.1 Å². The molecule has 0 aliphatic heterocycles. The monoisotopic (exact) mass is 323 g/mol. The summed E-state index contributed by atoms with van der Waals surface area (Å²) in [5, 5.41) is 10.2. The van der Waals surface area contributed by atoms with Gasteiger partial charge in [-0.05, 0) is 45.6 Å². The SMILES string of the molecule is NC(Cc1ccccc1)C(O)c1ccc(F)c(Br)c1. The molecule has 0 radical (unpaired) electrons. The van der Waals surface area contributed by atoms with Crippen LogP contribution in [0.15, 0.2) is 53.0 Å². The van der Waals surface area contributed by atoms with Gasteiger partial charge in [0, 0.05) is 6.04 Å². The van der Waals surface area contributed by atoms with Gasteiger partial charge in [0.1, 0.15) is 5.82 Å². The van der Waals surface area contributed by atoms with E-state index in [1.54, 1.807) is 12.1 Å². The highest BCUT2D eigenvalue weighted by atomic mass is 79.9. The number of aliphatic hydroxyl groups is 1. The Balaban J connectivity index is 2.10. The summed E-state index contributed by atoms with van der Waals surface area (Å²) in [6.45, 7) is 0. The Morgan fingerprint density at radius 3 is 2.47 bits per heavy atom. The van der Waals surface area contributed by atoms with E-state index in [4.69, 9.17) is 5.73 Å². The minimum absolute atomic E-state index is 0.330. The highest BCUT2D eigenvalue weighted by Gasteiger charge is 2.18. The second kappa shape index (κ2) is 6.28. The molecule has 0 aromatic heterocycles. The second-order valence-corrected chi connectivity index (χ2v) is 5.33. The van der Waals surface area contributed by atoms with E-state index in [2.05, 4.69) is 15.9 Å². The zero-order chi connectivity index (χ0) is 13.8. The molecule has 4 heteroatoms. The van der Waals surface area contributed by atoms with E-state index in [9.17, 15) is 9.50 Å². The van der Waals surface area contributed by atoms with Crippen LogP contribution < -0.4 is 5.73 Å². The zero-order valence-corrected chi connectivity index (χ0v) is 11.8. The molecule has 0 amide bonds. The standard InChI is InChI=1S/C15H15BrFNO/c16-12-9-11(6-7-13(12)17)15(19)14(18)8-10-4-2-1-3-5-10/h1-7,9,14-15,19H,8,18H2. The molecule has 0 bridgehead atoms. The van der Waals surface area contributed by atoms with Gasteiger partial charge in [0.2, 0.25) is 0 Å². The Morgan fingerprint density at radius 2 is 1.84 bits per heavy atom. The molecule has 0 saturated carbocycles. The molecular weight excluding hydrogens is 309 g/mol. The molecule has 0 spiro atoms. The van der Waals surface area contributed by atoms with Crippen molar-refractivity contribution in [3.63, 3.8) is 0 Å². The molecule has 0 heterocycles. The molecule has 2 aromatic rings. The third-order valence-electron chi connectivity index (χ3n) is 3.00. The van der Waals surface area contributed by atoms with Crippen molar-refractivity contribution < 1.29 is 9.50 Å². The van der Waals surface area contributed by atoms with Crippen LogP contribution in [0.1, 0.15) is 17.2 Å². The highest BCUT2D eigenvalue weighted by Crippen LogP contribution is 2.24. The summed E-state index contributed by atoms with van der Waals surface area (Å²) in [5.41, 5.74) is 7.68. The summed E-state index contributed by atoms with van der Waals surface area (Å²) in [6, 6.07) is 13.7. The van der Waals surface area contributed by atoms with E-state index in [1.165, 1.54) is 6.07 Å². The largest absolute Gasteiger partial charge is 0.387 e. The first-order valence-electron chi connectivity index (χ1n) is 6.00. The first kappa shape index (κ1) is 14.2. The maximum absolute atomic E-state index is 13.2. The molecule has 2 rings (SSSR count). The lowest BCUT2D eigenvalue weighted by atomic mass is 9.97. The molecule has 100 valence electrons. The van der Waals surface area contributed by atoms with Gasteiger partial charge in [0.05, 0.1) is 10.6 Å². The lowest BCUT2D eigenvalue weighted by Gasteiger charge is -2.19. The van der Waals surface area contributed by atoms with Gasteiger partial charge in [-0.25, -0.2) is 4.39 Å². The van der Waals surface area contributed by atoms with Crippen molar-refractivity contribution in [2.45, 2.75) is 18.6 Å². The predicted octanol–water partition coefficient (Wildman–Crippen LogP) is 3.19. The van der Waals surface area contributed by atoms with Crippen LogP contribution in [0, 0.1) is 5.82 Å². The summed E-state index contributed by atoms with van der Waals surface area (Å²) in [5.74, 6) is -0.354. The van der Waals surface area contributed by atoms with Crippen LogP contribution in [0.25, 0.3) is 0 Å². The smallest absolute Gasteiger partial charge is 0.137 e. The Bertz CT molecular complexity index is 547. The molecule has 0 aliphatic rings. The Labute approximate surface area is 120 Å². The minimum atomic E-state index is -0.822. The third-order valence-corrected chi connectivity index (χ3v) is 3.61.